The molecular weight excluding hydrogens is 287 g/mol. The van der Waals surface area contributed by atoms with Crippen molar-refractivity contribution in [2.24, 2.45) is 0 Å². The van der Waals surface area contributed by atoms with Gasteiger partial charge in [0.25, 0.3) is 0 Å². The molecule has 0 atom stereocenters. The predicted molar refractivity (Wildman–Crippen MR) is 92.9 cm³/mol. The summed E-state index contributed by atoms with van der Waals surface area (Å²) in [6.07, 6.45) is 8.71. The SMILES string of the molecule is C=Cc1cccc(F)c1/C=C/c1ccnc(-c2ccccn2)c1. The molecule has 112 valence electrons. The van der Waals surface area contributed by atoms with Crippen LogP contribution in [-0.2, 0) is 0 Å². The van der Waals surface area contributed by atoms with Gasteiger partial charge in [0.05, 0.1) is 11.4 Å². The van der Waals surface area contributed by atoms with Gasteiger partial charge < -0.3 is 0 Å². The zero-order valence-corrected chi connectivity index (χ0v) is 12.5. The smallest absolute Gasteiger partial charge is 0.131 e. The molecule has 2 heterocycles. The van der Waals surface area contributed by atoms with Crippen molar-refractivity contribution in [1.82, 2.24) is 9.97 Å². The fourth-order valence-corrected chi connectivity index (χ4v) is 2.29. The molecule has 0 aliphatic carbocycles. The number of hydrogen-bond donors (Lipinski definition) is 0. The summed E-state index contributed by atoms with van der Waals surface area (Å²) >= 11 is 0. The number of nitrogens with zero attached hydrogens (tertiary/aromatic N) is 2. The molecule has 0 aliphatic rings. The summed E-state index contributed by atoms with van der Waals surface area (Å²) in [5.41, 5.74) is 3.81. The Hall–Kier alpha value is -3.07. The number of aromatic nitrogens is 2. The average molecular weight is 302 g/mol. The van der Waals surface area contributed by atoms with Gasteiger partial charge in [-0.3, -0.25) is 9.97 Å². The summed E-state index contributed by atoms with van der Waals surface area (Å²) < 4.78 is 14.0. The van der Waals surface area contributed by atoms with Crippen LogP contribution in [0.25, 0.3) is 29.6 Å². The van der Waals surface area contributed by atoms with E-state index in [0.717, 1.165) is 22.5 Å². The Morgan fingerprint density at radius 3 is 2.52 bits per heavy atom. The first kappa shape index (κ1) is 14.9. The minimum Gasteiger partial charge on any atom is -0.255 e. The van der Waals surface area contributed by atoms with Gasteiger partial charge in [-0.2, -0.15) is 0 Å². The van der Waals surface area contributed by atoms with Crippen LogP contribution in [0.5, 0.6) is 0 Å². The first-order chi connectivity index (χ1) is 11.3. The Kier molecular flexibility index (Phi) is 4.39. The molecule has 0 unspecified atom stereocenters. The van der Waals surface area contributed by atoms with E-state index in [1.54, 1.807) is 30.6 Å². The highest BCUT2D eigenvalue weighted by Crippen LogP contribution is 2.20. The molecule has 0 radical (unpaired) electrons. The van der Waals surface area contributed by atoms with Crippen LogP contribution < -0.4 is 0 Å². The van der Waals surface area contributed by atoms with E-state index in [4.69, 9.17) is 0 Å². The largest absolute Gasteiger partial charge is 0.255 e. The Morgan fingerprint density at radius 2 is 1.74 bits per heavy atom. The standard InChI is InChI=1S/C20H15FN2/c1-2-16-6-5-7-18(21)17(16)10-9-15-11-13-23-20(14-15)19-8-3-4-12-22-19/h2-14H,1H2/b10-9+. The van der Waals surface area contributed by atoms with Crippen LogP contribution in [0.15, 0.2) is 67.5 Å². The topological polar surface area (TPSA) is 25.8 Å². The third-order valence-electron chi connectivity index (χ3n) is 3.46. The molecule has 3 rings (SSSR count). The summed E-state index contributed by atoms with van der Waals surface area (Å²) in [5, 5.41) is 0. The third-order valence-corrected chi connectivity index (χ3v) is 3.46. The van der Waals surface area contributed by atoms with Gasteiger partial charge in [0, 0.05) is 18.0 Å². The lowest BCUT2D eigenvalue weighted by Crippen LogP contribution is -1.88. The fourth-order valence-electron chi connectivity index (χ4n) is 2.29. The van der Waals surface area contributed by atoms with Gasteiger partial charge in [0.1, 0.15) is 5.82 Å². The highest BCUT2D eigenvalue weighted by molar-refractivity contribution is 5.76. The van der Waals surface area contributed by atoms with E-state index in [0.29, 0.717) is 5.56 Å². The molecule has 2 aromatic heterocycles. The zero-order valence-electron chi connectivity index (χ0n) is 12.5. The van der Waals surface area contributed by atoms with E-state index in [1.165, 1.54) is 6.07 Å². The lowest BCUT2D eigenvalue weighted by Gasteiger charge is -2.03. The minimum atomic E-state index is -0.266. The van der Waals surface area contributed by atoms with Crippen LogP contribution in [0.2, 0.25) is 0 Å². The van der Waals surface area contributed by atoms with E-state index < -0.39 is 0 Å². The predicted octanol–water partition coefficient (Wildman–Crippen LogP) is 5.10. The lowest BCUT2D eigenvalue weighted by molar-refractivity contribution is 0.625. The van der Waals surface area contributed by atoms with Crippen molar-refractivity contribution in [2.45, 2.75) is 0 Å². The monoisotopic (exact) mass is 302 g/mol. The Balaban J connectivity index is 1.94. The second-order valence-electron chi connectivity index (χ2n) is 4.97. The first-order valence-corrected chi connectivity index (χ1v) is 7.24. The summed E-state index contributed by atoms with van der Waals surface area (Å²) in [6, 6.07) is 14.4. The van der Waals surface area contributed by atoms with Gasteiger partial charge in [0.2, 0.25) is 0 Å². The molecule has 23 heavy (non-hydrogen) atoms. The van der Waals surface area contributed by atoms with Crippen molar-refractivity contribution < 1.29 is 4.39 Å². The van der Waals surface area contributed by atoms with Crippen molar-refractivity contribution in [2.75, 3.05) is 0 Å². The molecule has 1 aromatic carbocycles. The summed E-state index contributed by atoms with van der Waals surface area (Å²) in [6.45, 7) is 3.72. The maximum Gasteiger partial charge on any atom is 0.131 e. The molecule has 0 bridgehead atoms. The van der Waals surface area contributed by atoms with Gasteiger partial charge in [-0.05, 0) is 41.5 Å². The highest BCUT2D eigenvalue weighted by Gasteiger charge is 2.03. The molecule has 0 fully saturated rings. The second kappa shape index (κ2) is 6.79. The second-order valence-corrected chi connectivity index (χ2v) is 4.97. The quantitative estimate of drug-likeness (QED) is 0.670. The molecule has 0 N–H and O–H groups in total. The molecular formula is C20H15FN2. The summed E-state index contributed by atoms with van der Waals surface area (Å²) in [7, 11) is 0. The molecule has 0 spiro atoms. The molecule has 0 amide bonds. The number of pyridine rings is 2. The molecule has 0 saturated heterocycles. The zero-order chi connectivity index (χ0) is 16.1. The maximum atomic E-state index is 14.0. The van der Waals surface area contributed by atoms with Crippen LogP contribution in [0, 0.1) is 5.82 Å². The summed E-state index contributed by atoms with van der Waals surface area (Å²) in [4.78, 5) is 8.62. The maximum absolute atomic E-state index is 14.0. The van der Waals surface area contributed by atoms with E-state index in [-0.39, 0.29) is 5.82 Å². The van der Waals surface area contributed by atoms with Gasteiger partial charge in [-0.1, -0.05) is 43.0 Å². The molecule has 2 nitrogen and oxygen atoms in total. The third kappa shape index (κ3) is 3.40. The average Bonchev–Trinajstić information content (AvgIpc) is 2.61. The van der Waals surface area contributed by atoms with Crippen molar-refractivity contribution in [3.8, 4) is 11.4 Å². The summed E-state index contributed by atoms with van der Waals surface area (Å²) in [5.74, 6) is -0.266. The van der Waals surface area contributed by atoms with Crippen LogP contribution in [0.4, 0.5) is 4.39 Å². The van der Waals surface area contributed by atoms with Crippen molar-refractivity contribution in [3.63, 3.8) is 0 Å². The van der Waals surface area contributed by atoms with E-state index in [1.807, 2.05) is 42.5 Å². The number of halogens is 1. The number of benzene rings is 1. The minimum absolute atomic E-state index is 0.266. The van der Waals surface area contributed by atoms with Crippen LogP contribution >= 0.6 is 0 Å². The number of rotatable bonds is 4. The molecule has 0 aliphatic heterocycles. The van der Waals surface area contributed by atoms with Gasteiger partial charge in [-0.25, -0.2) is 4.39 Å². The normalized spacial score (nSPS) is 10.8. The number of hydrogen-bond acceptors (Lipinski definition) is 2. The fraction of sp³-hybridized carbons (Fsp3) is 0. The Bertz CT molecular complexity index is 855. The van der Waals surface area contributed by atoms with Gasteiger partial charge >= 0.3 is 0 Å². The van der Waals surface area contributed by atoms with E-state index in [2.05, 4.69) is 16.5 Å². The Labute approximate surface area is 134 Å². The first-order valence-electron chi connectivity index (χ1n) is 7.24. The van der Waals surface area contributed by atoms with Crippen LogP contribution in [-0.4, -0.2) is 9.97 Å². The lowest BCUT2D eigenvalue weighted by atomic mass is 10.0. The van der Waals surface area contributed by atoms with Gasteiger partial charge in [-0.15, -0.1) is 0 Å². The van der Waals surface area contributed by atoms with Crippen LogP contribution in [0.1, 0.15) is 16.7 Å². The van der Waals surface area contributed by atoms with E-state index in [9.17, 15) is 4.39 Å². The van der Waals surface area contributed by atoms with Crippen molar-refractivity contribution in [1.29, 1.82) is 0 Å². The molecule has 3 heteroatoms. The highest BCUT2D eigenvalue weighted by atomic mass is 19.1. The molecule has 0 saturated carbocycles. The Morgan fingerprint density at radius 1 is 0.870 bits per heavy atom. The van der Waals surface area contributed by atoms with Gasteiger partial charge in [0.15, 0.2) is 0 Å². The van der Waals surface area contributed by atoms with Crippen molar-refractivity contribution in [3.05, 3.63) is 90.0 Å². The van der Waals surface area contributed by atoms with Crippen LogP contribution in [0.3, 0.4) is 0 Å². The van der Waals surface area contributed by atoms with Crippen molar-refractivity contribution >= 4 is 18.2 Å². The van der Waals surface area contributed by atoms with E-state index >= 15 is 0 Å². The molecule has 3 aromatic rings.